The Morgan fingerprint density at radius 1 is 1.62 bits per heavy atom. The van der Waals surface area contributed by atoms with Crippen LogP contribution >= 0.6 is 0 Å². The molecule has 0 radical (unpaired) electrons. The van der Waals surface area contributed by atoms with Gasteiger partial charge in [-0.05, 0) is 25.5 Å². The van der Waals surface area contributed by atoms with Crippen molar-refractivity contribution in [2.75, 3.05) is 13.1 Å². The summed E-state index contributed by atoms with van der Waals surface area (Å²) in [5.74, 6) is 0. The molecule has 2 rings (SSSR count). The molecule has 1 unspecified atom stereocenters. The number of rotatable bonds is 3. The lowest BCUT2D eigenvalue weighted by atomic mass is 10.1. The second-order valence-electron chi connectivity index (χ2n) is 3.51. The van der Waals surface area contributed by atoms with Gasteiger partial charge in [0.05, 0.1) is 0 Å². The molecule has 1 aromatic rings. The zero-order valence-electron chi connectivity index (χ0n) is 7.71. The normalized spacial score (nSPS) is 23.2. The minimum absolute atomic E-state index is 0.622. The van der Waals surface area contributed by atoms with Crippen LogP contribution in [0, 0.1) is 0 Å². The molecule has 4 nitrogen and oxygen atoms in total. The number of piperidine rings is 1. The highest BCUT2D eigenvalue weighted by molar-refractivity contribution is 4.97. The minimum Gasteiger partial charge on any atom is -0.315 e. The second-order valence-corrected chi connectivity index (χ2v) is 3.51. The lowest BCUT2D eigenvalue weighted by Crippen LogP contribution is -2.42. The van der Waals surface area contributed by atoms with Crippen molar-refractivity contribution in [3.8, 4) is 0 Å². The van der Waals surface area contributed by atoms with Gasteiger partial charge >= 0.3 is 0 Å². The molecule has 0 amide bonds. The first-order valence-corrected chi connectivity index (χ1v) is 4.87. The molecular weight excluding hydrogens is 164 g/mol. The van der Waals surface area contributed by atoms with Crippen molar-refractivity contribution in [3.63, 3.8) is 0 Å². The molecule has 1 aliphatic rings. The number of H-pyrrole nitrogens is 1. The van der Waals surface area contributed by atoms with Crippen molar-refractivity contribution in [2.45, 2.75) is 25.4 Å². The van der Waals surface area contributed by atoms with Crippen LogP contribution in [0.5, 0.6) is 0 Å². The quantitative estimate of drug-likeness (QED) is 0.625. The first-order valence-electron chi connectivity index (χ1n) is 4.87. The van der Waals surface area contributed by atoms with Crippen LogP contribution in [0.3, 0.4) is 0 Å². The molecule has 0 saturated carbocycles. The summed E-state index contributed by atoms with van der Waals surface area (Å²) in [6, 6.07) is 2.63. The number of nitrogens with zero attached hydrogens (tertiary/aromatic N) is 1. The van der Waals surface area contributed by atoms with Gasteiger partial charge < -0.3 is 10.6 Å². The Hall–Kier alpha value is -0.870. The number of hydrogen-bond donors (Lipinski definition) is 3. The average molecular weight is 180 g/mol. The molecular formula is C9H16N4. The van der Waals surface area contributed by atoms with Gasteiger partial charge in [-0.25, -0.2) is 0 Å². The summed E-state index contributed by atoms with van der Waals surface area (Å²) in [7, 11) is 0. The van der Waals surface area contributed by atoms with Gasteiger partial charge in [0.2, 0.25) is 0 Å². The van der Waals surface area contributed by atoms with Gasteiger partial charge in [0.15, 0.2) is 0 Å². The molecule has 1 atom stereocenters. The molecule has 1 aromatic heterocycles. The molecule has 0 spiro atoms. The summed E-state index contributed by atoms with van der Waals surface area (Å²) in [5.41, 5.74) is 1.16. The van der Waals surface area contributed by atoms with Crippen molar-refractivity contribution < 1.29 is 0 Å². The molecule has 13 heavy (non-hydrogen) atoms. The lowest BCUT2D eigenvalue weighted by molar-refractivity contribution is 0.387. The van der Waals surface area contributed by atoms with Crippen LogP contribution in [0.15, 0.2) is 12.3 Å². The summed E-state index contributed by atoms with van der Waals surface area (Å²) in [5, 5.41) is 13.7. The summed E-state index contributed by atoms with van der Waals surface area (Å²) >= 11 is 0. The van der Waals surface area contributed by atoms with Gasteiger partial charge in [0, 0.05) is 31.0 Å². The van der Waals surface area contributed by atoms with Gasteiger partial charge in [-0.3, -0.25) is 5.10 Å². The lowest BCUT2D eigenvalue weighted by Gasteiger charge is -2.23. The molecule has 1 aliphatic heterocycles. The van der Waals surface area contributed by atoms with Crippen molar-refractivity contribution in [1.29, 1.82) is 0 Å². The van der Waals surface area contributed by atoms with Crippen LogP contribution in [0.25, 0.3) is 0 Å². The van der Waals surface area contributed by atoms with E-state index in [0.29, 0.717) is 6.04 Å². The SMILES string of the molecule is c1cc(CNC2CCCNC2)[nH]n1. The highest BCUT2D eigenvalue weighted by Crippen LogP contribution is 2.02. The number of hydrogen-bond acceptors (Lipinski definition) is 3. The Morgan fingerprint density at radius 3 is 3.31 bits per heavy atom. The Bertz CT molecular complexity index is 226. The number of nitrogens with one attached hydrogen (secondary N) is 3. The third-order valence-corrected chi connectivity index (χ3v) is 2.44. The maximum absolute atomic E-state index is 3.91. The highest BCUT2D eigenvalue weighted by atomic mass is 15.1. The summed E-state index contributed by atoms with van der Waals surface area (Å²) < 4.78 is 0. The minimum atomic E-state index is 0.622. The fraction of sp³-hybridized carbons (Fsp3) is 0.667. The van der Waals surface area contributed by atoms with E-state index in [1.54, 1.807) is 6.20 Å². The van der Waals surface area contributed by atoms with E-state index in [9.17, 15) is 0 Å². The molecule has 72 valence electrons. The Labute approximate surface area is 78.1 Å². The third-order valence-electron chi connectivity index (χ3n) is 2.44. The molecule has 0 aromatic carbocycles. The second kappa shape index (κ2) is 4.39. The molecule has 1 fully saturated rings. The predicted octanol–water partition coefficient (Wildman–Crippen LogP) is 0.251. The maximum atomic E-state index is 3.91. The first kappa shape index (κ1) is 8.72. The Morgan fingerprint density at radius 2 is 2.62 bits per heavy atom. The van der Waals surface area contributed by atoms with Crippen LogP contribution in [-0.4, -0.2) is 29.3 Å². The largest absolute Gasteiger partial charge is 0.315 e. The van der Waals surface area contributed by atoms with E-state index >= 15 is 0 Å². The molecule has 1 saturated heterocycles. The fourth-order valence-electron chi connectivity index (χ4n) is 1.66. The van der Waals surface area contributed by atoms with E-state index in [-0.39, 0.29) is 0 Å². The van der Waals surface area contributed by atoms with Gasteiger partial charge in [0.1, 0.15) is 0 Å². The predicted molar refractivity (Wildman–Crippen MR) is 51.3 cm³/mol. The van der Waals surface area contributed by atoms with Crippen molar-refractivity contribution in [2.24, 2.45) is 0 Å². The molecule has 2 heterocycles. The smallest absolute Gasteiger partial charge is 0.0490 e. The monoisotopic (exact) mass is 180 g/mol. The zero-order valence-corrected chi connectivity index (χ0v) is 7.71. The molecule has 3 N–H and O–H groups in total. The number of aromatic amines is 1. The number of aromatic nitrogens is 2. The van der Waals surface area contributed by atoms with Gasteiger partial charge in [0.25, 0.3) is 0 Å². The van der Waals surface area contributed by atoms with E-state index in [1.165, 1.54) is 19.4 Å². The van der Waals surface area contributed by atoms with Crippen molar-refractivity contribution in [3.05, 3.63) is 18.0 Å². The molecule has 4 heteroatoms. The topological polar surface area (TPSA) is 52.7 Å². The Kier molecular flexibility index (Phi) is 2.94. The summed E-state index contributed by atoms with van der Waals surface area (Å²) in [6.45, 7) is 3.16. The van der Waals surface area contributed by atoms with E-state index < -0.39 is 0 Å². The van der Waals surface area contributed by atoms with E-state index in [0.717, 1.165) is 18.8 Å². The van der Waals surface area contributed by atoms with E-state index in [1.807, 2.05) is 6.07 Å². The van der Waals surface area contributed by atoms with Gasteiger partial charge in [-0.15, -0.1) is 0 Å². The van der Waals surface area contributed by atoms with Crippen LogP contribution < -0.4 is 10.6 Å². The standard InChI is InChI=1S/C9H16N4/c1-2-8(6-10-4-1)11-7-9-3-5-12-13-9/h3,5,8,10-11H,1-2,4,6-7H2,(H,12,13). The van der Waals surface area contributed by atoms with Crippen LogP contribution in [-0.2, 0) is 6.54 Å². The van der Waals surface area contributed by atoms with E-state index in [4.69, 9.17) is 0 Å². The van der Waals surface area contributed by atoms with E-state index in [2.05, 4.69) is 20.8 Å². The molecule has 0 aliphatic carbocycles. The highest BCUT2D eigenvalue weighted by Gasteiger charge is 2.11. The third kappa shape index (κ3) is 2.54. The molecule has 0 bridgehead atoms. The van der Waals surface area contributed by atoms with Gasteiger partial charge in [-0.2, -0.15) is 5.10 Å². The van der Waals surface area contributed by atoms with Gasteiger partial charge in [-0.1, -0.05) is 0 Å². The average Bonchev–Trinajstić information content (AvgIpc) is 2.69. The van der Waals surface area contributed by atoms with Crippen LogP contribution in [0.1, 0.15) is 18.5 Å². The fourth-order valence-corrected chi connectivity index (χ4v) is 1.66. The first-order chi connectivity index (χ1) is 6.45. The van der Waals surface area contributed by atoms with Crippen LogP contribution in [0.4, 0.5) is 0 Å². The zero-order chi connectivity index (χ0) is 8.93. The van der Waals surface area contributed by atoms with Crippen molar-refractivity contribution in [1.82, 2.24) is 20.8 Å². The summed E-state index contributed by atoms with van der Waals surface area (Å²) in [4.78, 5) is 0. The Balaban J connectivity index is 1.72. The maximum Gasteiger partial charge on any atom is 0.0490 e. The van der Waals surface area contributed by atoms with Crippen LogP contribution in [0.2, 0.25) is 0 Å². The summed E-state index contributed by atoms with van der Waals surface area (Å²) in [6.07, 6.45) is 4.35. The van der Waals surface area contributed by atoms with Crippen molar-refractivity contribution >= 4 is 0 Å².